The Morgan fingerprint density at radius 1 is 1.23 bits per heavy atom. The van der Waals surface area contributed by atoms with Gasteiger partial charge in [0.15, 0.2) is 5.13 Å². The Labute approximate surface area is 182 Å². The summed E-state index contributed by atoms with van der Waals surface area (Å²) in [4.78, 5) is 26.8. The summed E-state index contributed by atoms with van der Waals surface area (Å²) in [5.74, 6) is 0.592. The highest BCUT2D eigenvalue weighted by Crippen LogP contribution is 2.27. The molecule has 0 radical (unpaired) electrons. The Morgan fingerprint density at radius 2 is 1.90 bits per heavy atom. The van der Waals surface area contributed by atoms with E-state index in [0.717, 1.165) is 27.5 Å². The summed E-state index contributed by atoms with van der Waals surface area (Å²) in [6.07, 6.45) is 0.866. The highest BCUT2D eigenvalue weighted by atomic mass is 35.5. The van der Waals surface area contributed by atoms with Gasteiger partial charge in [-0.1, -0.05) is 11.6 Å². The number of amides is 1. The van der Waals surface area contributed by atoms with E-state index < -0.39 is 4.92 Å². The number of nitro groups is 1. The van der Waals surface area contributed by atoms with Gasteiger partial charge in [-0.15, -0.1) is 11.3 Å². The molecule has 0 aliphatic rings. The van der Waals surface area contributed by atoms with E-state index in [9.17, 15) is 14.9 Å². The number of hydrogen-bond donors (Lipinski definition) is 1. The second-order valence-electron chi connectivity index (χ2n) is 6.71. The van der Waals surface area contributed by atoms with Crippen LogP contribution >= 0.6 is 22.9 Å². The largest absolute Gasteiger partial charge is 0.494 e. The molecule has 0 aliphatic heterocycles. The number of aromatic nitrogens is 1. The zero-order valence-electron chi connectivity index (χ0n) is 16.5. The van der Waals surface area contributed by atoms with Crippen molar-refractivity contribution in [1.29, 1.82) is 0 Å². The van der Waals surface area contributed by atoms with Crippen LogP contribution in [0.1, 0.15) is 24.0 Å². The van der Waals surface area contributed by atoms with E-state index in [1.165, 1.54) is 23.5 Å². The second-order valence-corrected chi connectivity index (χ2v) is 7.95. The Morgan fingerprint density at radius 3 is 2.53 bits per heavy atom. The molecule has 0 saturated heterocycles. The molecular weight excluding hydrogens is 426 g/mol. The van der Waals surface area contributed by atoms with Crippen LogP contribution in [-0.2, 0) is 4.79 Å². The van der Waals surface area contributed by atoms with E-state index in [1.54, 1.807) is 17.5 Å². The molecule has 1 aromatic heterocycles. The first-order valence-electron chi connectivity index (χ1n) is 9.23. The number of carbonyl (C=O) groups excluding carboxylic acids is 1. The van der Waals surface area contributed by atoms with E-state index in [4.69, 9.17) is 16.3 Å². The summed E-state index contributed by atoms with van der Waals surface area (Å²) >= 11 is 7.45. The molecule has 0 aliphatic carbocycles. The van der Waals surface area contributed by atoms with Crippen molar-refractivity contribution < 1.29 is 14.5 Å². The van der Waals surface area contributed by atoms with Crippen LogP contribution in [-0.4, -0.2) is 22.4 Å². The number of benzene rings is 2. The summed E-state index contributed by atoms with van der Waals surface area (Å²) in [6.45, 7) is 4.27. The van der Waals surface area contributed by atoms with Crippen LogP contribution in [0, 0.1) is 24.0 Å². The number of non-ortho nitro benzene ring substituents is 1. The van der Waals surface area contributed by atoms with E-state index in [2.05, 4.69) is 10.3 Å². The van der Waals surface area contributed by atoms with Crippen molar-refractivity contribution in [3.63, 3.8) is 0 Å². The number of ether oxygens (including phenoxy) is 1. The first-order chi connectivity index (χ1) is 14.3. The first-order valence-corrected chi connectivity index (χ1v) is 10.5. The van der Waals surface area contributed by atoms with Crippen molar-refractivity contribution in [2.75, 3.05) is 11.9 Å². The Balaban J connectivity index is 1.47. The predicted octanol–water partition coefficient (Wildman–Crippen LogP) is 5.79. The standard InChI is InChI=1S/C21H20ClN3O4S/c1-13-10-17(11-14(2)20(13)22)29-9-3-4-19(26)24-21-23-18(12-30-21)15-5-7-16(8-6-15)25(27)28/h5-8,10-12H,3-4,9H2,1-2H3,(H,23,24,26). The first kappa shape index (κ1) is 21.7. The number of aryl methyl sites for hydroxylation is 2. The average molecular weight is 446 g/mol. The normalized spacial score (nSPS) is 10.6. The van der Waals surface area contributed by atoms with Gasteiger partial charge in [0.05, 0.1) is 17.2 Å². The highest BCUT2D eigenvalue weighted by molar-refractivity contribution is 7.14. The number of anilines is 1. The average Bonchev–Trinajstić information content (AvgIpc) is 3.17. The smallest absolute Gasteiger partial charge is 0.269 e. The monoisotopic (exact) mass is 445 g/mol. The van der Waals surface area contributed by atoms with Gasteiger partial charge in [0.25, 0.3) is 5.69 Å². The minimum atomic E-state index is -0.449. The molecule has 1 amide bonds. The number of carbonyl (C=O) groups is 1. The summed E-state index contributed by atoms with van der Waals surface area (Å²) in [7, 11) is 0. The molecule has 0 spiro atoms. The van der Waals surface area contributed by atoms with Gasteiger partial charge in [0.1, 0.15) is 5.75 Å². The van der Waals surface area contributed by atoms with Crippen molar-refractivity contribution in [1.82, 2.24) is 4.98 Å². The molecule has 156 valence electrons. The van der Waals surface area contributed by atoms with Crippen LogP contribution in [0.25, 0.3) is 11.3 Å². The minimum Gasteiger partial charge on any atom is -0.494 e. The fraction of sp³-hybridized carbons (Fsp3) is 0.238. The SMILES string of the molecule is Cc1cc(OCCCC(=O)Nc2nc(-c3ccc([N+](=O)[O-])cc3)cs2)cc(C)c1Cl. The van der Waals surface area contributed by atoms with Crippen LogP contribution in [0.15, 0.2) is 41.8 Å². The Bertz CT molecular complexity index is 1040. The molecule has 0 saturated carbocycles. The maximum atomic E-state index is 12.1. The lowest BCUT2D eigenvalue weighted by molar-refractivity contribution is -0.384. The predicted molar refractivity (Wildman–Crippen MR) is 118 cm³/mol. The van der Waals surface area contributed by atoms with Crippen molar-refractivity contribution in [3.05, 3.63) is 68.0 Å². The van der Waals surface area contributed by atoms with Gasteiger partial charge in [0.2, 0.25) is 5.91 Å². The highest BCUT2D eigenvalue weighted by Gasteiger charge is 2.10. The summed E-state index contributed by atoms with van der Waals surface area (Å²) < 4.78 is 5.71. The summed E-state index contributed by atoms with van der Waals surface area (Å²) in [5, 5.41) is 16.5. The van der Waals surface area contributed by atoms with Crippen LogP contribution in [0.5, 0.6) is 5.75 Å². The lowest BCUT2D eigenvalue weighted by Gasteiger charge is -2.09. The van der Waals surface area contributed by atoms with Crippen molar-refractivity contribution in [2.45, 2.75) is 26.7 Å². The fourth-order valence-electron chi connectivity index (χ4n) is 2.81. The molecule has 1 heterocycles. The van der Waals surface area contributed by atoms with Crippen molar-refractivity contribution in [3.8, 4) is 17.0 Å². The number of nitro benzene ring substituents is 1. The zero-order chi connectivity index (χ0) is 21.7. The summed E-state index contributed by atoms with van der Waals surface area (Å²) in [5.41, 5.74) is 3.34. The van der Waals surface area contributed by atoms with Crippen LogP contribution < -0.4 is 10.1 Å². The third-order valence-electron chi connectivity index (χ3n) is 4.35. The van der Waals surface area contributed by atoms with Crippen LogP contribution in [0.3, 0.4) is 0 Å². The molecule has 3 aromatic rings. The molecular formula is C21H20ClN3O4S. The number of halogens is 1. The van der Waals surface area contributed by atoms with Crippen LogP contribution in [0.4, 0.5) is 10.8 Å². The van der Waals surface area contributed by atoms with Crippen molar-refractivity contribution >= 4 is 39.7 Å². The lowest BCUT2D eigenvalue weighted by Crippen LogP contribution is -2.12. The Kier molecular flexibility index (Phi) is 7.02. The molecule has 9 heteroatoms. The van der Waals surface area contributed by atoms with Crippen molar-refractivity contribution in [2.24, 2.45) is 0 Å². The molecule has 3 rings (SSSR count). The van der Waals surface area contributed by atoms with Gasteiger partial charge < -0.3 is 10.1 Å². The molecule has 0 unspecified atom stereocenters. The van der Waals surface area contributed by atoms with E-state index in [-0.39, 0.29) is 11.6 Å². The van der Waals surface area contributed by atoms with Gasteiger partial charge in [-0.25, -0.2) is 4.98 Å². The minimum absolute atomic E-state index is 0.0219. The van der Waals surface area contributed by atoms with E-state index in [0.29, 0.717) is 30.3 Å². The third kappa shape index (κ3) is 5.55. The van der Waals surface area contributed by atoms with Gasteiger partial charge in [-0.3, -0.25) is 14.9 Å². The number of rotatable bonds is 8. The third-order valence-corrected chi connectivity index (χ3v) is 5.71. The van der Waals surface area contributed by atoms with Gasteiger partial charge in [-0.2, -0.15) is 0 Å². The molecule has 1 N–H and O–H groups in total. The molecule has 0 bridgehead atoms. The number of thiazole rings is 1. The lowest BCUT2D eigenvalue weighted by atomic mass is 10.1. The molecule has 30 heavy (non-hydrogen) atoms. The van der Waals surface area contributed by atoms with Crippen LogP contribution in [0.2, 0.25) is 5.02 Å². The van der Waals surface area contributed by atoms with Gasteiger partial charge in [-0.05, 0) is 55.7 Å². The molecule has 0 fully saturated rings. The van der Waals surface area contributed by atoms with Gasteiger partial charge in [0, 0.05) is 34.5 Å². The second kappa shape index (κ2) is 9.69. The maximum Gasteiger partial charge on any atom is 0.269 e. The molecule has 7 nitrogen and oxygen atoms in total. The number of nitrogens with zero attached hydrogens (tertiary/aromatic N) is 2. The number of hydrogen-bond acceptors (Lipinski definition) is 6. The Hall–Kier alpha value is -2.97. The number of nitrogens with one attached hydrogen (secondary N) is 1. The zero-order valence-corrected chi connectivity index (χ0v) is 18.0. The van der Waals surface area contributed by atoms with E-state index >= 15 is 0 Å². The summed E-state index contributed by atoms with van der Waals surface area (Å²) in [6, 6.07) is 9.88. The molecule has 0 atom stereocenters. The molecule has 2 aromatic carbocycles. The topological polar surface area (TPSA) is 94.4 Å². The van der Waals surface area contributed by atoms with E-state index in [1.807, 2.05) is 26.0 Å². The van der Waals surface area contributed by atoms with Gasteiger partial charge >= 0.3 is 0 Å². The fourth-order valence-corrected chi connectivity index (χ4v) is 3.66. The quantitative estimate of drug-likeness (QED) is 0.269. The maximum absolute atomic E-state index is 12.1.